The van der Waals surface area contributed by atoms with E-state index in [4.69, 9.17) is 9.47 Å². The van der Waals surface area contributed by atoms with Crippen molar-refractivity contribution >= 4 is 11.8 Å². The quantitative estimate of drug-likeness (QED) is 0.774. The van der Waals surface area contributed by atoms with E-state index in [1.165, 1.54) is 0 Å². The second-order valence-corrected chi connectivity index (χ2v) is 7.00. The Morgan fingerprint density at radius 1 is 1.26 bits per heavy atom. The Labute approximate surface area is 160 Å². The molecular weight excluding hydrogens is 346 g/mol. The molecule has 148 valence electrons. The van der Waals surface area contributed by atoms with Crippen LogP contribution < -0.4 is 10.1 Å². The van der Waals surface area contributed by atoms with Gasteiger partial charge in [0.15, 0.2) is 0 Å². The zero-order valence-electron chi connectivity index (χ0n) is 16.0. The van der Waals surface area contributed by atoms with Crippen molar-refractivity contribution in [3.63, 3.8) is 0 Å². The van der Waals surface area contributed by atoms with Crippen LogP contribution in [0.25, 0.3) is 0 Å². The van der Waals surface area contributed by atoms with Crippen LogP contribution in [0.2, 0.25) is 0 Å². The molecule has 0 unspecified atom stereocenters. The molecule has 2 fully saturated rings. The Bertz CT molecular complexity index is 623. The molecule has 3 rings (SSSR count). The fourth-order valence-corrected chi connectivity index (χ4v) is 3.53. The van der Waals surface area contributed by atoms with E-state index >= 15 is 0 Å². The normalized spacial score (nSPS) is 19.7. The average molecular weight is 375 g/mol. The first kappa shape index (κ1) is 19.6. The van der Waals surface area contributed by atoms with Gasteiger partial charge >= 0.3 is 0 Å². The van der Waals surface area contributed by atoms with Gasteiger partial charge in [0.1, 0.15) is 5.75 Å². The molecule has 1 N–H and O–H groups in total. The molecule has 1 atom stereocenters. The van der Waals surface area contributed by atoms with Crippen LogP contribution in [0.15, 0.2) is 24.3 Å². The van der Waals surface area contributed by atoms with Crippen LogP contribution in [-0.4, -0.2) is 80.7 Å². The minimum absolute atomic E-state index is 0.0569. The average Bonchev–Trinajstić information content (AvgIpc) is 3.24. The number of nitrogens with one attached hydrogen (secondary N) is 1. The van der Waals surface area contributed by atoms with Gasteiger partial charge in [-0.25, -0.2) is 0 Å². The van der Waals surface area contributed by atoms with Crippen LogP contribution in [-0.2, 0) is 9.53 Å². The molecule has 2 saturated heterocycles. The van der Waals surface area contributed by atoms with E-state index in [1.54, 1.807) is 36.3 Å². The summed E-state index contributed by atoms with van der Waals surface area (Å²) in [7, 11) is 1.60. The molecule has 0 aliphatic carbocycles. The predicted octanol–water partition coefficient (Wildman–Crippen LogP) is 1.14. The van der Waals surface area contributed by atoms with Crippen molar-refractivity contribution in [3.8, 4) is 5.75 Å². The molecule has 7 nitrogen and oxygen atoms in total. The van der Waals surface area contributed by atoms with Crippen molar-refractivity contribution in [1.82, 2.24) is 15.1 Å². The van der Waals surface area contributed by atoms with Crippen molar-refractivity contribution < 1.29 is 19.1 Å². The molecule has 27 heavy (non-hydrogen) atoms. The van der Waals surface area contributed by atoms with Gasteiger partial charge < -0.3 is 24.6 Å². The predicted molar refractivity (Wildman–Crippen MR) is 102 cm³/mol. The molecule has 2 aliphatic rings. The third-order valence-electron chi connectivity index (χ3n) is 5.14. The summed E-state index contributed by atoms with van der Waals surface area (Å²) in [6, 6.07) is 7.09. The first-order chi connectivity index (χ1) is 13.2. The molecule has 2 aliphatic heterocycles. The van der Waals surface area contributed by atoms with Crippen molar-refractivity contribution in [1.29, 1.82) is 0 Å². The molecule has 2 amide bonds. The number of amides is 2. The number of hydrogen-bond donors (Lipinski definition) is 1. The van der Waals surface area contributed by atoms with E-state index in [0.717, 1.165) is 45.6 Å². The maximum atomic E-state index is 13.0. The Morgan fingerprint density at radius 2 is 2.00 bits per heavy atom. The van der Waals surface area contributed by atoms with Crippen LogP contribution in [0.4, 0.5) is 0 Å². The van der Waals surface area contributed by atoms with Gasteiger partial charge in [0.2, 0.25) is 5.91 Å². The van der Waals surface area contributed by atoms with Gasteiger partial charge in [0.25, 0.3) is 5.91 Å². The first-order valence-electron chi connectivity index (χ1n) is 9.71. The maximum absolute atomic E-state index is 13.0. The topological polar surface area (TPSA) is 71.1 Å². The van der Waals surface area contributed by atoms with E-state index in [1.807, 2.05) is 4.90 Å². The first-order valence-corrected chi connectivity index (χ1v) is 9.71. The summed E-state index contributed by atoms with van der Waals surface area (Å²) in [6.45, 7) is 4.81. The van der Waals surface area contributed by atoms with E-state index in [-0.39, 0.29) is 17.9 Å². The van der Waals surface area contributed by atoms with Crippen LogP contribution in [0, 0.1) is 0 Å². The lowest BCUT2D eigenvalue weighted by atomic mass is 10.1. The highest BCUT2D eigenvalue weighted by atomic mass is 16.5. The van der Waals surface area contributed by atoms with Crippen molar-refractivity contribution in [2.75, 3.05) is 53.0 Å². The van der Waals surface area contributed by atoms with Crippen LogP contribution in [0.3, 0.4) is 0 Å². The fraction of sp³-hybridized carbons (Fsp3) is 0.600. The summed E-state index contributed by atoms with van der Waals surface area (Å²) < 4.78 is 10.9. The summed E-state index contributed by atoms with van der Waals surface area (Å²) in [4.78, 5) is 29.1. The lowest BCUT2D eigenvalue weighted by Gasteiger charge is -2.30. The summed E-state index contributed by atoms with van der Waals surface area (Å²) in [5, 5.41) is 3.25. The monoisotopic (exact) mass is 375 g/mol. The second kappa shape index (κ2) is 9.71. The molecule has 0 saturated carbocycles. The van der Waals surface area contributed by atoms with E-state index < -0.39 is 0 Å². The summed E-state index contributed by atoms with van der Waals surface area (Å²) >= 11 is 0. The summed E-state index contributed by atoms with van der Waals surface area (Å²) in [5.41, 5.74) is 0.600. The lowest BCUT2D eigenvalue weighted by molar-refractivity contribution is -0.132. The number of methoxy groups -OCH3 is 1. The zero-order chi connectivity index (χ0) is 19.1. The number of nitrogens with zero attached hydrogens (tertiary/aromatic N) is 2. The van der Waals surface area contributed by atoms with E-state index in [0.29, 0.717) is 30.8 Å². The van der Waals surface area contributed by atoms with Crippen molar-refractivity contribution in [2.24, 2.45) is 0 Å². The van der Waals surface area contributed by atoms with Gasteiger partial charge in [-0.1, -0.05) is 0 Å². The molecule has 2 heterocycles. The number of hydrogen-bond acceptors (Lipinski definition) is 5. The van der Waals surface area contributed by atoms with Gasteiger partial charge in [-0.15, -0.1) is 0 Å². The van der Waals surface area contributed by atoms with Gasteiger partial charge in [-0.05, 0) is 37.1 Å². The molecule has 0 radical (unpaired) electrons. The molecule has 0 aromatic heterocycles. The maximum Gasteiger partial charge on any atom is 0.253 e. The molecule has 7 heteroatoms. The summed E-state index contributed by atoms with van der Waals surface area (Å²) in [6.07, 6.45) is 2.38. The number of carbonyl (C=O) groups is 2. The largest absolute Gasteiger partial charge is 0.497 e. The standard InChI is InChI=1S/C20H29N3O4/c1-26-17-6-4-16(5-7-17)20(25)23(15-18-3-2-14-27-18)11-8-19(24)22-12-9-21-10-13-22/h4-7,18,21H,2-3,8-15H2,1H3/t18-/m1/s1. The highest BCUT2D eigenvalue weighted by molar-refractivity contribution is 5.94. The zero-order valence-corrected chi connectivity index (χ0v) is 16.0. The van der Waals surface area contributed by atoms with Gasteiger partial charge in [0, 0.05) is 57.9 Å². The Morgan fingerprint density at radius 3 is 2.63 bits per heavy atom. The third-order valence-corrected chi connectivity index (χ3v) is 5.14. The molecule has 0 bridgehead atoms. The lowest BCUT2D eigenvalue weighted by Crippen LogP contribution is -2.47. The number of benzene rings is 1. The number of piperazine rings is 1. The third kappa shape index (κ3) is 5.43. The Hall–Kier alpha value is -2.12. The van der Waals surface area contributed by atoms with Crippen molar-refractivity contribution in [2.45, 2.75) is 25.4 Å². The van der Waals surface area contributed by atoms with E-state index in [9.17, 15) is 9.59 Å². The van der Waals surface area contributed by atoms with Gasteiger partial charge in [0.05, 0.1) is 13.2 Å². The van der Waals surface area contributed by atoms with Crippen LogP contribution >= 0.6 is 0 Å². The Kier molecular flexibility index (Phi) is 7.06. The van der Waals surface area contributed by atoms with Crippen LogP contribution in [0.5, 0.6) is 5.75 Å². The van der Waals surface area contributed by atoms with Gasteiger partial charge in [-0.2, -0.15) is 0 Å². The molecule has 1 aromatic rings. The SMILES string of the molecule is COc1ccc(C(=O)N(CCC(=O)N2CCNCC2)C[C@H]2CCCO2)cc1. The molecule has 0 spiro atoms. The van der Waals surface area contributed by atoms with Crippen molar-refractivity contribution in [3.05, 3.63) is 29.8 Å². The van der Waals surface area contributed by atoms with Crippen LogP contribution in [0.1, 0.15) is 29.6 Å². The number of carbonyl (C=O) groups excluding carboxylic acids is 2. The highest BCUT2D eigenvalue weighted by Gasteiger charge is 2.25. The number of rotatable bonds is 7. The minimum Gasteiger partial charge on any atom is -0.497 e. The Balaban J connectivity index is 1.63. The molecule has 1 aromatic carbocycles. The molecular formula is C20H29N3O4. The summed E-state index contributed by atoms with van der Waals surface area (Å²) in [5.74, 6) is 0.753. The fourth-order valence-electron chi connectivity index (χ4n) is 3.53. The van der Waals surface area contributed by atoms with E-state index in [2.05, 4.69) is 5.32 Å². The van der Waals surface area contributed by atoms with Gasteiger partial charge in [-0.3, -0.25) is 9.59 Å². The number of ether oxygens (including phenoxy) is 2. The second-order valence-electron chi connectivity index (χ2n) is 7.00. The minimum atomic E-state index is -0.0683. The smallest absolute Gasteiger partial charge is 0.253 e. The highest BCUT2D eigenvalue weighted by Crippen LogP contribution is 2.17.